The summed E-state index contributed by atoms with van der Waals surface area (Å²) in [5.74, 6) is -3.48. The van der Waals surface area contributed by atoms with Crippen LogP contribution in [-0.2, 0) is 14.6 Å². The Morgan fingerprint density at radius 3 is 2.57 bits per heavy atom. The van der Waals surface area contributed by atoms with E-state index in [1.54, 1.807) is 6.07 Å². The highest BCUT2D eigenvalue weighted by atomic mass is 32.2. The molecule has 6 nitrogen and oxygen atoms in total. The molecule has 0 amide bonds. The first-order chi connectivity index (χ1) is 10.9. The van der Waals surface area contributed by atoms with Gasteiger partial charge in [-0.25, -0.2) is 8.42 Å². The lowest BCUT2D eigenvalue weighted by Crippen LogP contribution is -2.42. The van der Waals surface area contributed by atoms with Gasteiger partial charge in [-0.2, -0.15) is 8.78 Å². The van der Waals surface area contributed by atoms with Crippen LogP contribution in [-0.4, -0.2) is 69.7 Å². The van der Waals surface area contributed by atoms with Gasteiger partial charge in [0.25, 0.3) is 0 Å². The van der Waals surface area contributed by atoms with Crippen LogP contribution in [0.2, 0.25) is 0 Å². The molecule has 0 radical (unpaired) electrons. The van der Waals surface area contributed by atoms with Gasteiger partial charge in [0.15, 0.2) is 0 Å². The van der Waals surface area contributed by atoms with Gasteiger partial charge >= 0.3 is 5.76 Å². The number of ether oxygens (including phenoxy) is 1. The molecule has 1 atom stereocenters. The molecule has 1 aliphatic heterocycles. The van der Waals surface area contributed by atoms with Crippen molar-refractivity contribution in [1.82, 2.24) is 4.90 Å². The maximum Gasteiger partial charge on any atom is 0.341 e. The molecule has 1 aromatic carbocycles. The van der Waals surface area contributed by atoms with E-state index in [1.807, 2.05) is 4.90 Å². The van der Waals surface area contributed by atoms with E-state index in [9.17, 15) is 22.3 Å². The fraction of sp³-hybridized carbons (Fsp3) is 0.571. The number of alkyl halides is 2. The number of morpholine rings is 1. The number of nitrogens with zero attached hydrogens (tertiary/aromatic N) is 1. The van der Waals surface area contributed by atoms with Gasteiger partial charge in [0.2, 0.25) is 9.84 Å². The molecule has 1 aliphatic rings. The third-order valence-corrected chi connectivity index (χ3v) is 4.97. The second kappa shape index (κ2) is 8.00. The zero-order valence-corrected chi connectivity index (χ0v) is 13.3. The molecule has 1 aromatic rings. The molecule has 0 aromatic heterocycles. The average Bonchev–Trinajstić information content (AvgIpc) is 2.54. The Kier molecular flexibility index (Phi) is 6.28. The first-order valence-corrected chi connectivity index (χ1v) is 8.79. The van der Waals surface area contributed by atoms with E-state index in [-0.39, 0.29) is 12.2 Å². The van der Waals surface area contributed by atoms with Crippen molar-refractivity contribution in [1.29, 1.82) is 0 Å². The topological polar surface area (TPSA) is 78.9 Å². The maximum absolute atomic E-state index is 12.7. The molecule has 1 fully saturated rings. The van der Waals surface area contributed by atoms with Gasteiger partial charge in [-0.05, 0) is 12.1 Å². The summed E-state index contributed by atoms with van der Waals surface area (Å²) in [6.45, 7) is 3.11. The second-order valence-corrected chi connectivity index (χ2v) is 7.14. The number of anilines is 1. The van der Waals surface area contributed by atoms with E-state index >= 15 is 0 Å². The van der Waals surface area contributed by atoms with E-state index in [4.69, 9.17) is 4.74 Å². The quantitative estimate of drug-likeness (QED) is 0.757. The van der Waals surface area contributed by atoms with Crippen molar-refractivity contribution in [3.05, 3.63) is 24.3 Å². The van der Waals surface area contributed by atoms with Gasteiger partial charge in [-0.15, -0.1) is 0 Å². The van der Waals surface area contributed by atoms with Crippen LogP contribution in [0.15, 0.2) is 29.2 Å². The summed E-state index contributed by atoms with van der Waals surface area (Å²) in [4.78, 5) is 1.56. The number of benzene rings is 1. The van der Waals surface area contributed by atoms with Crippen LogP contribution in [0.4, 0.5) is 14.5 Å². The summed E-state index contributed by atoms with van der Waals surface area (Å²) in [5, 5.41) is 12.8. The van der Waals surface area contributed by atoms with E-state index < -0.39 is 26.6 Å². The molecule has 23 heavy (non-hydrogen) atoms. The Balaban J connectivity index is 1.98. The number of hydrogen-bond acceptors (Lipinski definition) is 6. The van der Waals surface area contributed by atoms with E-state index in [0.717, 1.165) is 6.07 Å². The summed E-state index contributed by atoms with van der Waals surface area (Å²) in [5.41, 5.74) is 0.0637. The molecule has 0 spiro atoms. The average molecular weight is 350 g/mol. The van der Waals surface area contributed by atoms with Crippen LogP contribution in [0.5, 0.6) is 0 Å². The van der Waals surface area contributed by atoms with E-state index in [2.05, 4.69) is 5.32 Å². The van der Waals surface area contributed by atoms with Crippen LogP contribution in [0.3, 0.4) is 0 Å². The number of para-hydroxylation sites is 1. The number of sulfone groups is 1. The fourth-order valence-corrected chi connectivity index (χ4v) is 3.24. The Morgan fingerprint density at radius 2 is 1.91 bits per heavy atom. The Morgan fingerprint density at radius 1 is 1.26 bits per heavy atom. The highest BCUT2D eigenvalue weighted by Gasteiger charge is 2.29. The Labute approximate surface area is 134 Å². The minimum Gasteiger partial charge on any atom is -0.390 e. The number of hydrogen-bond donors (Lipinski definition) is 2. The van der Waals surface area contributed by atoms with Crippen molar-refractivity contribution >= 4 is 15.5 Å². The van der Waals surface area contributed by atoms with Gasteiger partial charge in [0.1, 0.15) is 0 Å². The van der Waals surface area contributed by atoms with Gasteiger partial charge in [-0.3, -0.25) is 4.90 Å². The molecule has 0 aliphatic carbocycles. The highest BCUT2D eigenvalue weighted by Crippen LogP contribution is 2.25. The number of aliphatic hydroxyl groups excluding tert-OH is 1. The van der Waals surface area contributed by atoms with Crippen molar-refractivity contribution in [2.75, 3.05) is 44.7 Å². The summed E-state index contributed by atoms with van der Waals surface area (Å²) < 4.78 is 53.9. The lowest BCUT2D eigenvalue weighted by Gasteiger charge is -2.28. The fourth-order valence-electron chi connectivity index (χ4n) is 2.33. The molecule has 1 saturated heterocycles. The van der Waals surface area contributed by atoms with Gasteiger partial charge in [-0.1, -0.05) is 12.1 Å². The second-order valence-electron chi connectivity index (χ2n) is 5.25. The number of β-amino-alcohol motifs (C(OH)–C–C–N with tert-alkyl or cyclic N) is 1. The van der Waals surface area contributed by atoms with Crippen molar-refractivity contribution in [2.24, 2.45) is 0 Å². The van der Waals surface area contributed by atoms with Crippen molar-refractivity contribution < 1.29 is 27.0 Å². The normalized spacial score (nSPS) is 18.1. The number of nitrogens with one attached hydrogen (secondary N) is 1. The zero-order valence-electron chi connectivity index (χ0n) is 12.5. The largest absolute Gasteiger partial charge is 0.390 e. The lowest BCUT2D eigenvalue weighted by atomic mass is 10.2. The maximum atomic E-state index is 12.7. The third-order valence-electron chi connectivity index (χ3n) is 3.53. The molecule has 2 rings (SSSR count). The number of rotatable bonds is 7. The Bertz CT molecular complexity index is 607. The van der Waals surface area contributed by atoms with Gasteiger partial charge < -0.3 is 15.2 Å². The van der Waals surface area contributed by atoms with E-state index in [1.165, 1.54) is 12.1 Å². The summed E-state index contributed by atoms with van der Waals surface area (Å²) in [6.07, 6.45) is -0.754. The van der Waals surface area contributed by atoms with Crippen molar-refractivity contribution in [3.8, 4) is 0 Å². The van der Waals surface area contributed by atoms with Crippen LogP contribution >= 0.6 is 0 Å². The van der Waals surface area contributed by atoms with Crippen molar-refractivity contribution in [3.63, 3.8) is 0 Å². The molecule has 0 saturated carbocycles. The standard InChI is InChI=1S/C14H20F2N2O4S/c15-14(16)23(20,21)13-4-2-1-3-12(13)17-9-11(19)10-18-5-7-22-8-6-18/h1-4,11,14,17,19H,5-10H2. The minimum atomic E-state index is -4.69. The molecule has 1 heterocycles. The van der Waals surface area contributed by atoms with Crippen molar-refractivity contribution in [2.45, 2.75) is 16.8 Å². The SMILES string of the molecule is O=S(=O)(c1ccccc1NCC(O)CN1CCOCC1)C(F)F. The molecule has 0 bridgehead atoms. The molecule has 2 N–H and O–H groups in total. The first kappa shape index (κ1) is 18.1. The van der Waals surface area contributed by atoms with Gasteiger partial charge in [0, 0.05) is 26.2 Å². The first-order valence-electron chi connectivity index (χ1n) is 7.24. The predicted octanol–water partition coefficient (Wildman–Crippen LogP) is 0.788. The van der Waals surface area contributed by atoms with E-state index in [0.29, 0.717) is 32.8 Å². The molecular weight excluding hydrogens is 330 g/mol. The lowest BCUT2D eigenvalue weighted by molar-refractivity contribution is 0.0171. The van der Waals surface area contributed by atoms with Gasteiger partial charge in [0.05, 0.1) is 29.9 Å². The molecule has 9 heteroatoms. The molecular formula is C14H20F2N2O4S. The van der Waals surface area contributed by atoms with Crippen LogP contribution in [0.25, 0.3) is 0 Å². The predicted molar refractivity (Wildman–Crippen MR) is 81.4 cm³/mol. The highest BCUT2D eigenvalue weighted by molar-refractivity contribution is 7.91. The smallest absolute Gasteiger partial charge is 0.341 e. The molecule has 1 unspecified atom stereocenters. The monoisotopic (exact) mass is 350 g/mol. The number of aliphatic hydroxyl groups is 1. The zero-order chi connectivity index (χ0) is 16.9. The summed E-state index contributed by atoms with van der Waals surface area (Å²) >= 11 is 0. The van der Waals surface area contributed by atoms with Crippen LogP contribution in [0, 0.1) is 0 Å². The molecule has 130 valence electrons. The number of halogens is 2. The Hall–Kier alpha value is -1.29. The third kappa shape index (κ3) is 4.84. The summed E-state index contributed by atoms with van der Waals surface area (Å²) in [6, 6.07) is 5.45. The van der Waals surface area contributed by atoms with Crippen LogP contribution < -0.4 is 5.32 Å². The minimum absolute atomic E-state index is 0.0626. The van der Waals surface area contributed by atoms with Crippen LogP contribution in [0.1, 0.15) is 0 Å². The summed E-state index contributed by atoms with van der Waals surface area (Å²) in [7, 11) is -4.69.